The van der Waals surface area contributed by atoms with Crippen LogP contribution < -0.4 is 21.7 Å². The molecule has 2 aromatic carbocycles. The summed E-state index contributed by atoms with van der Waals surface area (Å²) in [7, 11) is 3.93. The highest BCUT2D eigenvalue weighted by molar-refractivity contribution is 7.23. The number of nitrogens with one attached hydrogen (secondary N) is 3. The van der Waals surface area contributed by atoms with Gasteiger partial charge in [0.15, 0.2) is 6.29 Å². The van der Waals surface area contributed by atoms with Crippen molar-refractivity contribution in [3.63, 3.8) is 0 Å². The number of nitrogens with zero attached hydrogens (tertiary/aromatic N) is 6. The molecule has 0 aliphatic heterocycles. The maximum absolute atomic E-state index is 13.3. The molecule has 0 spiro atoms. The molecule has 2 atom stereocenters. The summed E-state index contributed by atoms with van der Waals surface area (Å²) in [5.41, 5.74) is 10.3. The van der Waals surface area contributed by atoms with Crippen LogP contribution in [0.25, 0.3) is 67.4 Å². The molecule has 7 N–H and O–H groups in total. The molecule has 12 aromatic heterocycles. The first-order chi connectivity index (χ1) is 57.5. The van der Waals surface area contributed by atoms with Gasteiger partial charge in [-0.05, 0) is 89.5 Å². The van der Waals surface area contributed by atoms with Gasteiger partial charge in [-0.1, -0.05) is 73.3 Å². The standard InChI is InChI=1S/C27H23F2N3O5S.C12H11F2N3O3S.C11H9NO2S.C10H7F2NO2S.C10H7NO3S.C9H5F2NO2S/c28-24(29)19-11-12-30-20-13-22(38-23(19)20)25(33)31-14-21(26(34)36-15-17-7-3-1-4-8-17)32-27(35)37-16-18-9-5-2-6-10-18;13-10(14)5-1-2-16-7-3-8(21-9(5)7)11(18)17-4-6(15)12(19)20;1-3-7-4-5-12-8-6-9(11(13)14-2)15-10(7)8;1-15-10(14)7-4-6-8(16-7)5(9(11)12)2-3-13-6;1-14-10(13)8-4-7-9(15-8)6(5-12)2-3-11-7;10-8(11)4-1-2-12-5-3-6(9(13)14)15-7(4)5/h1-13,21,24H,14-16H2,(H,31,33)(H,32,35);1-3,6,10H,4,15H2,(H,17,18)(H,19,20);3-6H,1H2,2H3;2-4,9H,1H3;2-5H,1H3;1-3,8H,(H,13,14)/t21-;6-;;;;/m11..../s1. The van der Waals surface area contributed by atoms with Crippen LogP contribution in [0.5, 0.6) is 0 Å². The second kappa shape index (κ2) is 43.4. The third-order valence-electron chi connectivity index (χ3n) is 16.0. The molecule has 0 radical (unpaired) electrons. The van der Waals surface area contributed by atoms with Gasteiger partial charge in [-0.3, -0.25) is 49.1 Å². The van der Waals surface area contributed by atoms with E-state index in [0.29, 0.717) is 46.8 Å². The van der Waals surface area contributed by atoms with E-state index in [1.807, 2.05) is 18.2 Å². The lowest BCUT2D eigenvalue weighted by Gasteiger charge is -2.18. The van der Waals surface area contributed by atoms with Crippen LogP contribution in [0.1, 0.15) is 133 Å². The summed E-state index contributed by atoms with van der Waals surface area (Å²) in [6, 6.07) is 32.7. The number of carboxylic acid groups (broad SMARTS) is 2. The zero-order chi connectivity index (χ0) is 86.9. The van der Waals surface area contributed by atoms with Gasteiger partial charge < -0.3 is 55.6 Å². The Morgan fingerprint density at radius 1 is 0.433 bits per heavy atom. The number of alkyl halides is 8. The van der Waals surface area contributed by atoms with Crippen LogP contribution in [0.15, 0.2) is 177 Å². The molecule has 0 aliphatic carbocycles. The first kappa shape index (κ1) is 90.8. The van der Waals surface area contributed by atoms with Gasteiger partial charge in [0.05, 0.1) is 92.4 Å². The van der Waals surface area contributed by atoms with Gasteiger partial charge in [0.2, 0.25) is 0 Å². The number of pyridine rings is 6. The fraction of sp³-hybridized carbons (Fsp3) is 0.165. The normalized spacial score (nSPS) is 11.3. The number of amides is 3. The largest absolute Gasteiger partial charge is 0.480 e. The van der Waals surface area contributed by atoms with Crippen molar-refractivity contribution in [3.8, 4) is 0 Å². The van der Waals surface area contributed by atoms with E-state index < -0.39 is 85.5 Å². The van der Waals surface area contributed by atoms with Crippen molar-refractivity contribution in [3.05, 3.63) is 251 Å². The van der Waals surface area contributed by atoms with E-state index in [4.69, 9.17) is 25.4 Å². The van der Waals surface area contributed by atoms with Gasteiger partial charge >= 0.3 is 41.9 Å². The van der Waals surface area contributed by atoms with Gasteiger partial charge in [0, 0.05) is 78.1 Å². The zero-order valence-electron chi connectivity index (χ0n) is 62.1. The molecule has 0 saturated carbocycles. The van der Waals surface area contributed by atoms with Gasteiger partial charge in [0.1, 0.15) is 44.8 Å². The predicted octanol–water partition coefficient (Wildman–Crippen LogP) is 17.0. The highest BCUT2D eigenvalue weighted by atomic mass is 32.1. The van der Waals surface area contributed by atoms with Crippen LogP contribution >= 0.6 is 68.0 Å². The topological polar surface area (TPSA) is 397 Å². The Morgan fingerprint density at radius 3 is 1.11 bits per heavy atom. The fourth-order valence-electron chi connectivity index (χ4n) is 10.2. The van der Waals surface area contributed by atoms with Crippen LogP contribution in [0.3, 0.4) is 0 Å². The van der Waals surface area contributed by atoms with Crippen LogP contribution in [0.4, 0.5) is 39.9 Å². The second-order valence-electron chi connectivity index (χ2n) is 23.9. The van der Waals surface area contributed by atoms with Crippen molar-refractivity contribution in [2.45, 2.75) is 51.0 Å². The Morgan fingerprint density at radius 2 is 0.750 bits per heavy atom. The summed E-state index contributed by atoms with van der Waals surface area (Å²) >= 11 is 6.11. The number of esters is 4. The monoisotopic (exact) mass is 1770 g/mol. The van der Waals surface area contributed by atoms with E-state index >= 15 is 0 Å². The van der Waals surface area contributed by atoms with Crippen molar-refractivity contribution in [2.24, 2.45) is 5.73 Å². The summed E-state index contributed by atoms with van der Waals surface area (Å²) < 4.78 is 130. The lowest BCUT2D eigenvalue weighted by Crippen LogP contribution is -2.49. The van der Waals surface area contributed by atoms with Gasteiger partial charge in [0.25, 0.3) is 37.5 Å². The van der Waals surface area contributed by atoms with Gasteiger partial charge in [-0.15, -0.1) is 68.0 Å². The maximum atomic E-state index is 13.3. The van der Waals surface area contributed by atoms with Crippen molar-refractivity contribution in [2.75, 3.05) is 34.4 Å². The number of methoxy groups -OCH3 is 3. The third kappa shape index (κ3) is 24.1. The Balaban J connectivity index is 0.000000172. The lowest BCUT2D eigenvalue weighted by atomic mass is 10.2. The van der Waals surface area contributed by atoms with Crippen molar-refractivity contribution in [1.82, 2.24) is 45.9 Å². The molecular weight excluding hydrogens is 1710 g/mol. The van der Waals surface area contributed by atoms with E-state index in [9.17, 15) is 83.1 Å². The molecule has 27 nitrogen and oxygen atoms in total. The molecule has 0 saturated heterocycles. The number of ether oxygens (including phenoxy) is 5. The number of carboxylic acids is 2. The molecule has 622 valence electrons. The molecule has 3 amide bonds. The summed E-state index contributed by atoms with van der Waals surface area (Å²) in [5, 5.41) is 24.6. The highest BCUT2D eigenvalue weighted by Crippen LogP contribution is 2.38. The number of thiophene rings is 6. The predicted molar refractivity (Wildman–Crippen MR) is 434 cm³/mol. The molecule has 0 aliphatic rings. The Hall–Kier alpha value is -13.1. The minimum Gasteiger partial charge on any atom is -0.480 e. The molecule has 14 aromatic rings. The molecular formula is C79H62F8N10O17S6. The molecule has 0 bridgehead atoms. The quantitative estimate of drug-likeness (QED) is 0.0150. The van der Waals surface area contributed by atoms with E-state index in [1.54, 1.807) is 85.2 Å². The summed E-state index contributed by atoms with van der Waals surface area (Å²) in [6.45, 7) is 3.08. The number of hydrogen-bond donors (Lipinski definition) is 6. The van der Waals surface area contributed by atoms with E-state index in [-0.39, 0.29) is 93.7 Å². The number of nitrogens with two attached hydrogens (primary N) is 1. The number of aromatic nitrogens is 6. The Bertz CT molecular complexity index is 5930. The average Bonchev–Trinajstić information content (AvgIpc) is 1.70. The third-order valence-corrected chi connectivity index (χ3v) is 23.0. The van der Waals surface area contributed by atoms with E-state index in [2.05, 4.69) is 66.6 Å². The minimum atomic E-state index is -2.72. The number of carbonyl (C=O) groups excluding carboxylic acids is 8. The first-order valence-electron chi connectivity index (χ1n) is 34.3. The van der Waals surface area contributed by atoms with Crippen molar-refractivity contribution in [1.29, 1.82) is 0 Å². The maximum Gasteiger partial charge on any atom is 0.408 e. The number of benzene rings is 2. The number of rotatable bonds is 23. The lowest BCUT2D eigenvalue weighted by molar-refractivity contribution is -0.147. The number of alkyl carbamates (subject to hydrolysis) is 1. The molecule has 12 heterocycles. The summed E-state index contributed by atoms with van der Waals surface area (Å²) in [6.07, 6.45) is -0.644. The number of halogens is 8. The van der Waals surface area contributed by atoms with E-state index in [0.717, 1.165) is 78.5 Å². The van der Waals surface area contributed by atoms with Crippen LogP contribution in [-0.4, -0.2) is 147 Å². The highest BCUT2D eigenvalue weighted by Gasteiger charge is 2.28. The molecule has 14 rings (SSSR count). The zero-order valence-corrected chi connectivity index (χ0v) is 67.0. The van der Waals surface area contributed by atoms with Crippen molar-refractivity contribution >= 4 is 195 Å². The van der Waals surface area contributed by atoms with Gasteiger partial charge in [-0.2, -0.15) is 0 Å². The smallest absolute Gasteiger partial charge is 0.408 e. The van der Waals surface area contributed by atoms with Gasteiger partial charge in [-0.25, -0.2) is 63.9 Å². The minimum absolute atomic E-state index is 0.0191. The van der Waals surface area contributed by atoms with Crippen LogP contribution in [-0.2, 0) is 46.5 Å². The first-order valence-corrected chi connectivity index (χ1v) is 39.2. The fourth-order valence-corrected chi connectivity index (χ4v) is 16.4. The Kier molecular flexibility index (Phi) is 32.9. The SMILES string of the molecule is C=Cc1ccnc2cc(C(=O)OC)sc12.COC(=O)c1cc2nccc(C(F)F)c2s1.COC(=O)c1cc2nccc(C=O)c2s1.N[C@H](CNC(=O)c1cc2nccc(C(F)F)c2s1)C(=O)O.O=C(N[C@H](CNC(=O)c1cc2nccc(C(F)F)c2s1)C(=O)OCc1ccccc1)OCc1ccccc1.O=C(O)c1cc2nccc(C(F)F)c2s1. The average molecular weight is 1770 g/mol. The number of carbonyl (C=O) groups is 10. The van der Waals surface area contributed by atoms with Crippen molar-refractivity contribution < 1.29 is 117 Å². The summed E-state index contributed by atoms with van der Waals surface area (Å²) in [4.78, 5) is 141. The number of aldehydes is 1. The summed E-state index contributed by atoms with van der Waals surface area (Å²) in [5.74, 6) is -5.62. The van der Waals surface area contributed by atoms with E-state index in [1.165, 1.54) is 117 Å². The second-order valence-corrected chi connectivity index (χ2v) is 30.2. The molecule has 0 fully saturated rings. The Labute approximate surface area is 696 Å². The molecule has 0 unspecified atom stereocenters. The number of aliphatic carboxylic acids is 1. The van der Waals surface area contributed by atoms with Crippen LogP contribution in [0.2, 0.25) is 0 Å². The number of aromatic carboxylic acids is 1. The number of fused-ring (bicyclic) bond motifs is 6. The number of hydrogen-bond acceptors (Lipinski definition) is 28. The molecule has 41 heteroatoms. The molecule has 120 heavy (non-hydrogen) atoms. The van der Waals surface area contributed by atoms with Crippen LogP contribution in [0, 0.1) is 0 Å².